The zero-order valence-electron chi connectivity index (χ0n) is 9.72. The van der Waals surface area contributed by atoms with Crippen molar-refractivity contribution < 1.29 is 4.74 Å². The zero-order valence-corrected chi connectivity index (χ0v) is 9.72. The molecule has 2 nitrogen and oxygen atoms in total. The largest absolute Gasteiger partial charge is 0.385 e. The van der Waals surface area contributed by atoms with Crippen LogP contribution < -0.4 is 5.32 Å². The number of ether oxygens (including phenoxy) is 1. The number of hydrogen-bond donors (Lipinski definition) is 1. The maximum atomic E-state index is 5.08. The first-order valence-electron chi connectivity index (χ1n) is 6.07. The van der Waals surface area contributed by atoms with Crippen LogP contribution in [0.1, 0.15) is 45.4 Å². The average Bonchev–Trinajstić information content (AvgIpc) is 2.46. The average molecular weight is 199 g/mol. The van der Waals surface area contributed by atoms with Gasteiger partial charge in [-0.2, -0.15) is 0 Å². The summed E-state index contributed by atoms with van der Waals surface area (Å²) in [7, 11) is 1.79. The Labute approximate surface area is 88.4 Å². The normalized spacial score (nSPS) is 25.7. The summed E-state index contributed by atoms with van der Waals surface area (Å²) in [5.74, 6) is 0.809. The highest BCUT2D eigenvalue weighted by molar-refractivity contribution is 4.75. The third-order valence-electron chi connectivity index (χ3n) is 3.29. The van der Waals surface area contributed by atoms with Crippen molar-refractivity contribution in [1.29, 1.82) is 0 Å². The van der Waals surface area contributed by atoms with E-state index in [-0.39, 0.29) is 0 Å². The lowest BCUT2D eigenvalue weighted by molar-refractivity contribution is 0.183. The molecule has 1 aliphatic rings. The first-order chi connectivity index (χ1) is 6.84. The lowest BCUT2D eigenvalue weighted by Gasteiger charge is -2.23. The van der Waals surface area contributed by atoms with Gasteiger partial charge in [-0.05, 0) is 38.1 Å². The Kier molecular flexibility index (Phi) is 6.20. The van der Waals surface area contributed by atoms with Gasteiger partial charge in [0.1, 0.15) is 0 Å². The van der Waals surface area contributed by atoms with Crippen LogP contribution in [-0.4, -0.2) is 26.3 Å². The van der Waals surface area contributed by atoms with E-state index in [1.807, 2.05) is 0 Å². The fourth-order valence-corrected chi connectivity index (χ4v) is 2.29. The molecule has 1 N–H and O–H groups in total. The topological polar surface area (TPSA) is 21.3 Å². The molecule has 0 radical (unpaired) electrons. The van der Waals surface area contributed by atoms with Gasteiger partial charge in [0.25, 0.3) is 0 Å². The minimum atomic E-state index is 0.759. The summed E-state index contributed by atoms with van der Waals surface area (Å²) in [6, 6.07) is 0.759. The van der Waals surface area contributed by atoms with Gasteiger partial charge in [0, 0.05) is 19.8 Å². The molecule has 1 rings (SSSR count). The third-order valence-corrected chi connectivity index (χ3v) is 3.29. The van der Waals surface area contributed by atoms with E-state index in [4.69, 9.17) is 4.74 Å². The van der Waals surface area contributed by atoms with E-state index in [1.54, 1.807) is 7.11 Å². The molecule has 1 saturated heterocycles. The smallest absolute Gasteiger partial charge is 0.0462 e. The van der Waals surface area contributed by atoms with Crippen molar-refractivity contribution in [2.24, 2.45) is 5.92 Å². The van der Waals surface area contributed by atoms with E-state index in [9.17, 15) is 0 Å². The molecule has 0 bridgehead atoms. The lowest BCUT2D eigenvalue weighted by atomic mass is 9.93. The van der Waals surface area contributed by atoms with Crippen molar-refractivity contribution >= 4 is 0 Å². The van der Waals surface area contributed by atoms with Gasteiger partial charge in [-0.15, -0.1) is 0 Å². The number of rotatable bonds is 5. The van der Waals surface area contributed by atoms with E-state index in [1.165, 1.54) is 45.1 Å². The molecular formula is C12H25NO. The van der Waals surface area contributed by atoms with E-state index in [2.05, 4.69) is 12.2 Å². The standard InChI is InChI=1S/C12H25NO/c1-11(7-6-10-14-2)12-8-4-3-5-9-13-12/h11-13H,3-10H2,1-2H3. The quantitative estimate of drug-likeness (QED) is 0.687. The first kappa shape index (κ1) is 12.0. The third kappa shape index (κ3) is 4.43. The summed E-state index contributed by atoms with van der Waals surface area (Å²) >= 11 is 0. The first-order valence-corrected chi connectivity index (χ1v) is 6.07. The molecule has 2 heteroatoms. The highest BCUT2D eigenvalue weighted by atomic mass is 16.5. The number of nitrogens with one attached hydrogen (secondary N) is 1. The molecule has 14 heavy (non-hydrogen) atoms. The van der Waals surface area contributed by atoms with Gasteiger partial charge in [0.05, 0.1) is 0 Å². The van der Waals surface area contributed by atoms with Crippen LogP contribution in [0.4, 0.5) is 0 Å². The fourth-order valence-electron chi connectivity index (χ4n) is 2.29. The van der Waals surface area contributed by atoms with Crippen LogP contribution in [0.25, 0.3) is 0 Å². The SMILES string of the molecule is COCCCC(C)C1CCCCCN1. The second-order valence-electron chi connectivity index (χ2n) is 4.52. The van der Waals surface area contributed by atoms with Crippen molar-refractivity contribution in [3.8, 4) is 0 Å². The molecule has 2 unspecified atom stereocenters. The highest BCUT2D eigenvalue weighted by Crippen LogP contribution is 2.18. The van der Waals surface area contributed by atoms with Crippen LogP contribution in [0.15, 0.2) is 0 Å². The number of hydrogen-bond acceptors (Lipinski definition) is 2. The van der Waals surface area contributed by atoms with Gasteiger partial charge >= 0.3 is 0 Å². The Morgan fingerprint density at radius 1 is 1.36 bits per heavy atom. The van der Waals surface area contributed by atoms with E-state index in [0.29, 0.717) is 0 Å². The summed E-state index contributed by atoms with van der Waals surface area (Å²) < 4.78 is 5.08. The van der Waals surface area contributed by atoms with Crippen molar-refractivity contribution in [3.05, 3.63) is 0 Å². The summed E-state index contributed by atoms with van der Waals surface area (Å²) in [5, 5.41) is 3.67. The van der Waals surface area contributed by atoms with Gasteiger partial charge in [0.15, 0.2) is 0 Å². The molecule has 0 aliphatic carbocycles. The van der Waals surface area contributed by atoms with Crippen LogP contribution in [-0.2, 0) is 4.74 Å². The Balaban J connectivity index is 2.16. The van der Waals surface area contributed by atoms with Crippen LogP contribution in [0, 0.1) is 5.92 Å². The van der Waals surface area contributed by atoms with Crippen molar-refractivity contribution in [1.82, 2.24) is 5.32 Å². The Morgan fingerprint density at radius 3 is 3.00 bits per heavy atom. The predicted octanol–water partition coefficient (Wildman–Crippen LogP) is 2.58. The molecule has 2 atom stereocenters. The molecule has 0 aromatic carbocycles. The minimum absolute atomic E-state index is 0.759. The molecular weight excluding hydrogens is 174 g/mol. The van der Waals surface area contributed by atoms with Crippen molar-refractivity contribution in [2.45, 2.75) is 51.5 Å². The van der Waals surface area contributed by atoms with Gasteiger partial charge in [0.2, 0.25) is 0 Å². The number of methoxy groups -OCH3 is 1. The van der Waals surface area contributed by atoms with Crippen LogP contribution in [0.5, 0.6) is 0 Å². The van der Waals surface area contributed by atoms with Gasteiger partial charge in [-0.25, -0.2) is 0 Å². The second-order valence-corrected chi connectivity index (χ2v) is 4.52. The molecule has 0 aromatic rings. The van der Waals surface area contributed by atoms with Gasteiger partial charge in [-0.3, -0.25) is 0 Å². The maximum Gasteiger partial charge on any atom is 0.0462 e. The lowest BCUT2D eigenvalue weighted by Crippen LogP contribution is -2.34. The molecule has 0 amide bonds. The monoisotopic (exact) mass is 199 g/mol. The van der Waals surface area contributed by atoms with Crippen molar-refractivity contribution in [3.63, 3.8) is 0 Å². The minimum Gasteiger partial charge on any atom is -0.385 e. The van der Waals surface area contributed by atoms with E-state index < -0.39 is 0 Å². The maximum absolute atomic E-state index is 5.08. The zero-order chi connectivity index (χ0) is 10.2. The molecule has 1 fully saturated rings. The summed E-state index contributed by atoms with van der Waals surface area (Å²) in [5.41, 5.74) is 0. The molecule has 0 saturated carbocycles. The molecule has 0 spiro atoms. The van der Waals surface area contributed by atoms with Gasteiger partial charge in [-0.1, -0.05) is 19.8 Å². The summed E-state index contributed by atoms with van der Waals surface area (Å²) in [4.78, 5) is 0. The molecule has 1 aliphatic heterocycles. The summed E-state index contributed by atoms with van der Waals surface area (Å²) in [6.07, 6.45) is 8.05. The van der Waals surface area contributed by atoms with E-state index in [0.717, 1.165) is 18.6 Å². The van der Waals surface area contributed by atoms with Crippen LogP contribution in [0.2, 0.25) is 0 Å². The van der Waals surface area contributed by atoms with Crippen LogP contribution in [0.3, 0.4) is 0 Å². The fraction of sp³-hybridized carbons (Fsp3) is 1.00. The molecule has 0 aromatic heterocycles. The molecule has 1 heterocycles. The van der Waals surface area contributed by atoms with Crippen LogP contribution >= 0.6 is 0 Å². The Morgan fingerprint density at radius 2 is 2.21 bits per heavy atom. The summed E-state index contributed by atoms with van der Waals surface area (Å²) in [6.45, 7) is 4.51. The highest BCUT2D eigenvalue weighted by Gasteiger charge is 2.17. The van der Waals surface area contributed by atoms with E-state index >= 15 is 0 Å². The Bertz CT molecular complexity index is 130. The molecule has 84 valence electrons. The predicted molar refractivity (Wildman–Crippen MR) is 60.5 cm³/mol. The Hall–Kier alpha value is -0.0800. The van der Waals surface area contributed by atoms with Crippen molar-refractivity contribution in [2.75, 3.05) is 20.3 Å². The second kappa shape index (κ2) is 7.24. The van der Waals surface area contributed by atoms with Gasteiger partial charge < -0.3 is 10.1 Å².